The van der Waals surface area contributed by atoms with Crippen LogP contribution >= 0.6 is 22.9 Å². The first-order valence-electron chi connectivity index (χ1n) is 10.0. The highest BCUT2D eigenvalue weighted by molar-refractivity contribution is 7.13. The third-order valence-corrected chi connectivity index (χ3v) is 6.19. The number of carbonyl (C=O) groups excluding carboxylic acids is 1. The van der Waals surface area contributed by atoms with Gasteiger partial charge < -0.3 is 5.32 Å². The standard InChI is InChI=1S/C26H23ClN2OS/c1-26(2,3)20-10-4-18(5-11-20)24(30)28-22-14-8-17(9-15-22)23-16-31-25(29-23)19-6-12-21(27)13-7-19/h4-16H,1-3H3,(H,28,30). The van der Waals surface area contributed by atoms with Crippen molar-refractivity contribution in [3.05, 3.63) is 94.3 Å². The second-order valence-electron chi connectivity index (χ2n) is 8.40. The van der Waals surface area contributed by atoms with E-state index in [1.807, 2.05) is 78.2 Å². The lowest BCUT2D eigenvalue weighted by Gasteiger charge is -2.19. The van der Waals surface area contributed by atoms with Crippen molar-refractivity contribution in [3.63, 3.8) is 0 Å². The van der Waals surface area contributed by atoms with E-state index in [-0.39, 0.29) is 11.3 Å². The Morgan fingerprint density at radius 1 is 0.871 bits per heavy atom. The fraction of sp³-hybridized carbons (Fsp3) is 0.154. The van der Waals surface area contributed by atoms with Crippen molar-refractivity contribution in [2.75, 3.05) is 5.32 Å². The zero-order chi connectivity index (χ0) is 22.0. The molecule has 31 heavy (non-hydrogen) atoms. The fourth-order valence-corrected chi connectivity index (χ4v) is 4.14. The average molecular weight is 447 g/mol. The minimum absolute atomic E-state index is 0.0634. The van der Waals surface area contributed by atoms with Gasteiger partial charge in [-0.1, -0.05) is 68.8 Å². The summed E-state index contributed by atoms with van der Waals surface area (Å²) < 4.78 is 0. The molecule has 0 radical (unpaired) electrons. The zero-order valence-electron chi connectivity index (χ0n) is 17.6. The molecule has 0 aliphatic carbocycles. The van der Waals surface area contributed by atoms with Crippen LogP contribution in [0.5, 0.6) is 0 Å². The Balaban J connectivity index is 1.45. The highest BCUT2D eigenvalue weighted by atomic mass is 35.5. The van der Waals surface area contributed by atoms with Crippen LogP contribution in [0, 0.1) is 0 Å². The van der Waals surface area contributed by atoms with Gasteiger partial charge in [-0.2, -0.15) is 0 Å². The first kappa shape index (κ1) is 21.3. The van der Waals surface area contributed by atoms with Gasteiger partial charge in [-0.25, -0.2) is 4.98 Å². The first-order valence-corrected chi connectivity index (χ1v) is 11.3. The number of benzene rings is 3. The van der Waals surface area contributed by atoms with E-state index in [0.29, 0.717) is 10.6 Å². The van der Waals surface area contributed by atoms with Crippen LogP contribution in [0.3, 0.4) is 0 Å². The summed E-state index contributed by atoms with van der Waals surface area (Å²) >= 11 is 7.56. The normalized spacial score (nSPS) is 11.4. The molecule has 1 aromatic heterocycles. The number of halogens is 1. The summed E-state index contributed by atoms with van der Waals surface area (Å²) in [6.45, 7) is 6.47. The van der Waals surface area contributed by atoms with Crippen molar-refractivity contribution in [2.45, 2.75) is 26.2 Å². The molecule has 3 nitrogen and oxygen atoms in total. The Hall–Kier alpha value is -2.95. The van der Waals surface area contributed by atoms with Gasteiger partial charge in [0.05, 0.1) is 5.69 Å². The van der Waals surface area contributed by atoms with Gasteiger partial charge in [-0.3, -0.25) is 4.79 Å². The fourth-order valence-electron chi connectivity index (χ4n) is 3.18. The maximum absolute atomic E-state index is 12.6. The van der Waals surface area contributed by atoms with Gasteiger partial charge in [0, 0.05) is 32.8 Å². The molecule has 0 unspecified atom stereocenters. The SMILES string of the molecule is CC(C)(C)c1ccc(C(=O)Nc2ccc(-c3csc(-c4ccc(Cl)cc4)n3)cc2)cc1. The van der Waals surface area contributed by atoms with Crippen LogP contribution in [0.15, 0.2) is 78.2 Å². The van der Waals surface area contributed by atoms with Crippen molar-refractivity contribution in [1.82, 2.24) is 4.98 Å². The maximum Gasteiger partial charge on any atom is 0.255 e. The van der Waals surface area contributed by atoms with E-state index in [2.05, 4.69) is 26.1 Å². The molecule has 1 heterocycles. The molecule has 5 heteroatoms. The van der Waals surface area contributed by atoms with E-state index < -0.39 is 0 Å². The lowest BCUT2D eigenvalue weighted by Crippen LogP contribution is -2.14. The van der Waals surface area contributed by atoms with Crippen molar-refractivity contribution >= 4 is 34.5 Å². The van der Waals surface area contributed by atoms with E-state index >= 15 is 0 Å². The summed E-state index contributed by atoms with van der Waals surface area (Å²) in [5.41, 5.74) is 5.62. The Bertz CT molecular complexity index is 1190. The minimum Gasteiger partial charge on any atom is -0.322 e. The van der Waals surface area contributed by atoms with E-state index in [1.54, 1.807) is 11.3 Å². The van der Waals surface area contributed by atoms with Gasteiger partial charge in [0.25, 0.3) is 5.91 Å². The smallest absolute Gasteiger partial charge is 0.255 e. The van der Waals surface area contributed by atoms with Gasteiger partial charge >= 0.3 is 0 Å². The summed E-state index contributed by atoms with van der Waals surface area (Å²) in [5, 5.41) is 6.66. The monoisotopic (exact) mass is 446 g/mol. The zero-order valence-corrected chi connectivity index (χ0v) is 19.2. The van der Waals surface area contributed by atoms with E-state index in [0.717, 1.165) is 27.5 Å². The molecule has 156 valence electrons. The predicted octanol–water partition coefficient (Wildman–Crippen LogP) is 7.68. The highest BCUT2D eigenvalue weighted by Gasteiger charge is 2.14. The van der Waals surface area contributed by atoms with Gasteiger partial charge in [0.15, 0.2) is 0 Å². The lowest BCUT2D eigenvalue weighted by atomic mass is 9.87. The third-order valence-electron chi connectivity index (χ3n) is 5.05. The average Bonchev–Trinajstić information content (AvgIpc) is 3.24. The summed E-state index contributed by atoms with van der Waals surface area (Å²) in [7, 11) is 0. The molecule has 0 saturated carbocycles. The van der Waals surface area contributed by atoms with Crippen LogP contribution in [0.25, 0.3) is 21.8 Å². The van der Waals surface area contributed by atoms with Gasteiger partial charge in [0.2, 0.25) is 0 Å². The summed E-state index contributed by atoms with van der Waals surface area (Å²) in [5.74, 6) is -0.119. The number of hydrogen-bond donors (Lipinski definition) is 1. The molecule has 1 amide bonds. The molecule has 4 rings (SSSR count). The van der Waals surface area contributed by atoms with Crippen molar-refractivity contribution in [1.29, 1.82) is 0 Å². The van der Waals surface area contributed by atoms with E-state index in [9.17, 15) is 4.79 Å². The van der Waals surface area contributed by atoms with E-state index in [1.165, 1.54) is 5.56 Å². The molecule has 0 atom stereocenters. The van der Waals surface area contributed by atoms with Crippen molar-refractivity contribution in [3.8, 4) is 21.8 Å². The largest absolute Gasteiger partial charge is 0.322 e. The van der Waals surface area contributed by atoms with Gasteiger partial charge in [-0.15, -0.1) is 11.3 Å². The molecule has 0 bridgehead atoms. The Labute approximate surface area is 191 Å². The van der Waals surface area contributed by atoms with Crippen molar-refractivity contribution in [2.24, 2.45) is 0 Å². The topological polar surface area (TPSA) is 42.0 Å². The van der Waals surface area contributed by atoms with Gasteiger partial charge in [-0.05, 0) is 47.4 Å². The number of anilines is 1. The van der Waals surface area contributed by atoms with Crippen molar-refractivity contribution < 1.29 is 4.79 Å². The van der Waals surface area contributed by atoms with Crippen LogP contribution in [0.2, 0.25) is 5.02 Å². The Morgan fingerprint density at radius 3 is 2.10 bits per heavy atom. The number of hydrogen-bond acceptors (Lipinski definition) is 3. The minimum atomic E-state index is -0.119. The quantitative estimate of drug-likeness (QED) is 0.349. The second-order valence-corrected chi connectivity index (χ2v) is 9.70. The molecule has 0 saturated heterocycles. The van der Waals surface area contributed by atoms with Crippen LogP contribution in [-0.2, 0) is 5.41 Å². The number of amides is 1. The molecule has 0 spiro atoms. The molecular formula is C26H23ClN2OS. The summed E-state index contributed by atoms with van der Waals surface area (Å²) in [6.07, 6.45) is 0. The molecule has 0 aliphatic heterocycles. The molecule has 4 aromatic rings. The number of nitrogens with one attached hydrogen (secondary N) is 1. The number of thiazole rings is 1. The lowest BCUT2D eigenvalue weighted by molar-refractivity contribution is 0.102. The predicted molar refractivity (Wildman–Crippen MR) is 131 cm³/mol. The molecule has 0 fully saturated rings. The molecular weight excluding hydrogens is 424 g/mol. The number of rotatable bonds is 4. The van der Waals surface area contributed by atoms with Crippen LogP contribution in [0.4, 0.5) is 5.69 Å². The molecule has 0 aliphatic rings. The summed E-state index contributed by atoms with van der Waals surface area (Å²) in [6, 6.07) is 23.2. The molecule has 3 aromatic carbocycles. The highest BCUT2D eigenvalue weighted by Crippen LogP contribution is 2.30. The Morgan fingerprint density at radius 2 is 1.48 bits per heavy atom. The Kier molecular flexibility index (Phi) is 5.94. The number of carbonyl (C=O) groups is 1. The molecule has 1 N–H and O–H groups in total. The maximum atomic E-state index is 12.6. The number of aromatic nitrogens is 1. The van der Waals surface area contributed by atoms with Crippen LogP contribution in [0.1, 0.15) is 36.7 Å². The number of nitrogens with zero attached hydrogens (tertiary/aromatic N) is 1. The van der Waals surface area contributed by atoms with Crippen LogP contribution in [-0.4, -0.2) is 10.9 Å². The van der Waals surface area contributed by atoms with E-state index in [4.69, 9.17) is 16.6 Å². The van der Waals surface area contributed by atoms with Crippen LogP contribution < -0.4 is 5.32 Å². The second kappa shape index (κ2) is 8.66. The van der Waals surface area contributed by atoms with Gasteiger partial charge in [0.1, 0.15) is 5.01 Å². The third kappa shape index (κ3) is 5.04. The first-order chi connectivity index (χ1) is 14.8. The summed E-state index contributed by atoms with van der Waals surface area (Å²) in [4.78, 5) is 17.3.